The van der Waals surface area contributed by atoms with E-state index in [9.17, 15) is 4.79 Å². The van der Waals surface area contributed by atoms with E-state index >= 15 is 0 Å². The second kappa shape index (κ2) is 10.3. The minimum absolute atomic E-state index is 0.189. The molecular formula is C27H25ClN4O4. The van der Waals surface area contributed by atoms with Crippen LogP contribution in [0.1, 0.15) is 24.8 Å². The molecule has 0 radical (unpaired) electrons. The lowest BCUT2D eigenvalue weighted by Gasteiger charge is -2.12. The third-order valence-corrected chi connectivity index (χ3v) is 5.92. The molecule has 1 aliphatic rings. The molecule has 184 valence electrons. The summed E-state index contributed by atoms with van der Waals surface area (Å²) in [6.45, 7) is 4.81. The van der Waals surface area contributed by atoms with Gasteiger partial charge in [-0.2, -0.15) is 4.98 Å². The SMILES string of the molecule is CC(C)COc1nc(-c2ccc3c(c2)OCO3)n(-c2ccc(NC(=O)C(Cl)c3ccccc3)cc2)n1. The van der Waals surface area contributed by atoms with Crippen LogP contribution in [0.5, 0.6) is 17.5 Å². The summed E-state index contributed by atoms with van der Waals surface area (Å²) in [6, 6.07) is 22.4. The zero-order valence-corrected chi connectivity index (χ0v) is 20.6. The van der Waals surface area contributed by atoms with Gasteiger partial charge in [0.2, 0.25) is 12.7 Å². The summed E-state index contributed by atoms with van der Waals surface area (Å²) in [7, 11) is 0. The number of nitrogens with zero attached hydrogens (tertiary/aromatic N) is 3. The van der Waals surface area contributed by atoms with Crippen LogP contribution < -0.4 is 19.5 Å². The van der Waals surface area contributed by atoms with Gasteiger partial charge >= 0.3 is 6.01 Å². The Kier molecular flexibility index (Phi) is 6.77. The fourth-order valence-electron chi connectivity index (χ4n) is 3.66. The first kappa shape index (κ1) is 23.7. The lowest BCUT2D eigenvalue weighted by atomic mass is 10.1. The molecule has 0 saturated carbocycles. The maximum absolute atomic E-state index is 12.6. The Balaban J connectivity index is 1.40. The van der Waals surface area contributed by atoms with E-state index in [1.165, 1.54) is 0 Å². The molecule has 0 aliphatic carbocycles. The highest BCUT2D eigenvalue weighted by Crippen LogP contribution is 2.36. The van der Waals surface area contributed by atoms with Crippen LogP contribution in [0.2, 0.25) is 0 Å². The van der Waals surface area contributed by atoms with Crippen molar-refractivity contribution in [3.63, 3.8) is 0 Å². The summed E-state index contributed by atoms with van der Waals surface area (Å²) in [6.07, 6.45) is 0. The highest BCUT2D eigenvalue weighted by Gasteiger charge is 2.20. The predicted octanol–water partition coefficient (Wildman–Crippen LogP) is 5.62. The molecule has 0 fully saturated rings. The van der Waals surface area contributed by atoms with E-state index in [-0.39, 0.29) is 18.7 Å². The number of carbonyl (C=O) groups excluding carboxylic acids is 1. The monoisotopic (exact) mass is 504 g/mol. The van der Waals surface area contributed by atoms with Gasteiger partial charge in [0.25, 0.3) is 0 Å². The number of nitrogens with one attached hydrogen (secondary N) is 1. The Morgan fingerprint density at radius 3 is 2.56 bits per heavy atom. The number of rotatable bonds is 8. The number of ether oxygens (including phenoxy) is 3. The van der Waals surface area contributed by atoms with Gasteiger partial charge in [-0.05, 0) is 53.9 Å². The molecule has 3 aromatic carbocycles. The number of carbonyl (C=O) groups is 1. The molecule has 2 heterocycles. The van der Waals surface area contributed by atoms with Gasteiger partial charge in [0.1, 0.15) is 5.38 Å². The van der Waals surface area contributed by atoms with E-state index < -0.39 is 5.38 Å². The lowest BCUT2D eigenvalue weighted by molar-refractivity contribution is -0.116. The average Bonchev–Trinajstić information content (AvgIpc) is 3.54. The Morgan fingerprint density at radius 1 is 1.06 bits per heavy atom. The topological polar surface area (TPSA) is 87.5 Å². The van der Waals surface area contributed by atoms with Crippen LogP contribution in [0.4, 0.5) is 5.69 Å². The van der Waals surface area contributed by atoms with Crippen LogP contribution >= 0.6 is 11.6 Å². The van der Waals surface area contributed by atoms with Crippen molar-refractivity contribution < 1.29 is 19.0 Å². The van der Waals surface area contributed by atoms with Crippen molar-refractivity contribution in [3.8, 4) is 34.6 Å². The minimum atomic E-state index is -0.792. The molecule has 1 amide bonds. The standard InChI is InChI=1S/C27H25ClN4O4/c1-17(2)15-34-27-30-25(19-8-13-22-23(14-19)36-16-35-22)32(31-27)21-11-9-20(10-12-21)29-26(33)24(28)18-6-4-3-5-7-18/h3-14,17,24H,15-16H2,1-2H3,(H,29,33). The average molecular weight is 505 g/mol. The normalized spacial score (nSPS) is 13.0. The summed E-state index contributed by atoms with van der Waals surface area (Å²) >= 11 is 6.35. The predicted molar refractivity (Wildman–Crippen MR) is 137 cm³/mol. The van der Waals surface area contributed by atoms with Gasteiger partial charge in [0.05, 0.1) is 12.3 Å². The van der Waals surface area contributed by atoms with Crippen molar-refractivity contribution in [1.29, 1.82) is 0 Å². The highest BCUT2D eigenvalue weighted by molar-refractivity contribution is 6.32. The zero-order valence-electron chi connectivity index (χ0n) is 19.8. The summed E-state index contributed by atoms with van der Waals surface area (Å²) in [5.74, 6) is 1.96. The van der Waals surface area contributed by atoms with Gasteiger partial charge in [-0.1, -0.05) is 44.2 Å². The number of amides is 1. The van der Waals surface area contributed by atoms with Crippen molar-refractivity contribution in [2.75, 3.05) is 18.7 Å². The summed E-state index contributed by atoms with van der Waals surface area (Å²) in [5, 5.41) is 6.65. The van der Waals surface area contributed by atoms with Crippen molar-refractivity contribution in [1.82, 2.24) is 14.8 Å². The Labute approximate surface area is 213 Å². The van der Waals surface area contributed by atoms with E-state index in [0.717, 1.165) is 16.8 Å². The third kappa shape index (κ3) is 5.13. The maximum atomic E-state index is 12.6. The Morgan fingerprint density at radius 2 is 1.81 bits per heavy atom. The Bertz CT molecular complexity index is 1360. The number of hydrogen-bond acceptors (Lipinski definition) is 6. The van der Waals surface area contributed by atoms with E-state index in [2.05, 4.69) is 29.2 Å². The van der Waals surface area contributed by atoms with Gasteiger partial charge in [0, 0.05) is 11.3 Å². The number of hydrogen-bond donors (Lipinski definition) is 1. The van der Waals surface area contributed by atoms with Gasteiger partial charge in [-0.15, -0.1) is 16.7 Å². The molecule has 0 saturated heterocycles. The number of benzene rings is 3. The van der Waals surface area contributed by atoms with Gasteiger partial charge < -0.3 is 19.5 Å². The number of alkyl halides is 1. The smallest absolute Gasteiger partial charge is 0.336 e. The second-order valence-electron chi connectivity index (χ2n) is 8.71. The molecule has 0 spiro atoms. The lowest BCUT2D eigenvalue weighted by Crippen LogP contribution is -2.17. The number of aromatic nitrogens is 3. The molecule has 1 N–H and O–H groups in total. The molecule has 1 unspecified atom stereocenters. The zero-order chi connectivity index (χ0) is 25.1. The third-order valence-electron chi connectivity index (χ3n) is 5.47. The summed E-state index contributed by atoms with van der Waals surface area (Å²) < 4.78 is 18.5. The summed E-state index contributed by atoms with van der Waals surface area (Å²) in [5.41, 5.74) is 2.90. The van der Waals surface area contributed by atoms with Crippen LogP contribution in [0, 0.1) is 5.92 Å². The molecule has 36 heavy (non-hydrogen) atoms. The largest absolute Gasteiger partial charge is 0.462 e. The van der Waals surface area contributed by atoms with E-state index in [1.54, 1.807) is 16.8 Å². The minimum Gasteiger partial charge on any atom is -0.462 e. The van der Waals surface area contributed by atoms with Crippen LogP contribution in [0.25, 0.3) is 17.1 Å². The molecule has 5 rings (SSSR count). The highest BCUT2D eigenvalue weighted by atomic mass is 35.5. The second-order valence-corrected chi connectivity index (χ2v) is 9.15. The fraction of sp³-hybridized carbons (Fsp3) is 0.222. The quantitative estimate of drug-likeness (QED) is 0.313. The van der Waals surface area contributed by atoms with Crippen LogP contribution in [-0.4, -0.2) is 34.1 Å². The first-order valence-corrected chi connectivity index (χ1v) is 12.0. The first-order chi connectivity index (χ1) is 17.5. The molecule has 1 aromatic heterocycles. The molecule has 4 aromatic rings. The molecule has 9 heteroatoms. The fourth-order valence-corrected chi connectivity index (χ4v) is 3.86. The molecular weight excluding hydrogens is 480 g/mol. The van der Waals surface area contributed by atoms with Crippen molar-refractivity contribution in [3.05, 3.63) is 78.4 Å². The Hall–Kier alpha value is -4.04. The van der Waals surface area contributed by atoms with Gasteiger partial charge in [0.15, 0.2) is 17.3 Å². The van der Waals surface area contributed by atoms with Crippen molar-refractivity contribution >= 4 is 23.2 Å². The maximum Gasteiger partial charge on any atom is 0.336 e. The van der Waals surface area contributed by atoms with Gasteiger partial charge in [-0.25, -0.2) is 4.68 Å². The summed E-state index contributed by atoms with van der Waals surface area (Å²) in [4.78, 5) is 17.2. The number of fused-ring (bicyclic) bond motifs is 1. The van der Waals surface area contributed by atoms with Crippen LogP contribution in [0.15, 0.2) is 72.8 Å². The number of halogens is 1. The number of anilines is 1. The molecule has 1 atom stereocenters. The van der Waals surface area contributed by atoms with Crippen LogP contribution in [-0.2, 0) is 4.79 Å². The first-order valence-electron chi connectivity index (χ1n) is 11.6. The van der Waals surface area contributed by atoms with Gasteiger partial charge in [-0.3, -0.25) is 4.79 Å². The van der Waals surface area contributed by atoms with E-state index in [4.69, 9.17) is 25.8 Å². The molecule has 8 nitrogen and oxygen atoms in total. The van der Waals surface area contributed by atoms with Crippen LogP contribution in [0.3, 0.4) is 0 Å². The molecule has 1 aliphatic heterocycles. The van der Waals surface area contributed by atoms with E-state index in [1.807, 2.05) is 60.7 Å². The van der Waals surface area contributed by atoms with Crippen molar-refractivity contribution in [2.24, 2.45) is 5.92 Å². The van der Waals surface area contributed by atoms with E-state index in [0.29, 0.717) is 35.5 Å². The molecule has 0 bridgehead atoms. The van der Waals surface area contributed by atoms with Crippen molar-refractivity contribution in [2.45, 2.75) is 19.2 Å².